The van der Waals surface area contributed by atoms with Crippen LogP contribution in [0.2, 0.25) is 0 Å². The van der Waals surface area contributed by atoms with E-state index in [9.17, 15) is 9.65 Å². The summed E-state index contributed by atoms with van der Waals surface area (Å²) in [6.45, 7) is 0. The molecule has 0 aliphatic rings. The van der Waals surface area contributed by atoms with Gasteiger partial charge in [0.15, 0.2) is 0 Å². The van der Waals surface area contributed by atoms with Crippen molar-refractivity contribution in [1.29, 1.82) is 5.26 Å². The molecule has 0 aliphatic heterocycles. The summed E-state index contributed by atoms with van der Waals surface area (Å²) in [5.41, 5.74) is 7.17. The van der Waals surface area contributed by atoms with Crippen molar-refractivity contribution in [2.24, 2.45) is 0 Å². The van der Waals surface area contributed by atoms with Gasteiger partial charge in [0.05, 0.1) is 11.9 Å². The molecule has 0 radical (unpaired) electrons. The zero-order valence-electron chi connectivity index (χ0n) is 10.9. The number of rotatable bonds is 2. The molecule has 6 heteroatoms. The van der Waals surface area contributed by atoms with E-state index in [0.717, 1.165) is 0 Å². The van der Waals surface area contributed by atoms with Gasteiger partial charge in [-0.25, -0.2) is 9.07 Å². The van der Waals surface area contributed by atoms with Gasteiger partial charge >= 0.3 is 0 Å². The molecule has 0 amide bonds. The number of anilines is 1. The lowest BCUT2D eigenvalue weighted by atomic mass is 10.1. The first-order valence-corrected chi connectivity index (χ1v) is 6.16. The molecular formula is C15H10FN5. The number of nitrogen functional groups attached to an aromatic ring is 1. The highest BCUT2D eigenvalue weighted by atomic mass is 19.1. The van der Waals surface area contributed by atoms with Crippen molar-refractivity contribution in [2.45, 2.75) is 0 Å². The van der Waals surface area contributed by atoms with Crippen LogP contribution < -0.4 is 5.73 Å². The lowest BCUT2D eigenvalue weighted by Gasteiger charge is -2.02. The molecule has 1 aromatic carbocycles. The van der Waals surface area contributed by atoms with Gasteiger partial charge in [-0.15, -0.1) is 0 Å². The number of nitrogens with two attached hydrogens (primary N) is 1. The molecule has 3 rings (SSSR count). The van der Waals surface area contributed by atoms with E-state index in [-0.39, 0.29) is 22.6 Å². The predicted octanol–water partition coefficient (Wildman–Crippen LogP) is 2.53. The molecule has 0 fully saturated rings. The lowest BCUT2D eigenvalue weighted by Crippen LogP contribution is -2.02. The minimum Gasteiger partial charge on any atom is -0.382 e. The molecule has 2 N–H and O–H groups in total. The Morgan fingerprint density at radius 3 is 2.67 bits per heavy atom. The number of hydrogen-bond donors (Lipinski definition) is 1. The van der Waals surface area contributed by atoms with Crippen LogP contribution in [0.3, 0.4) is 0 Å². The Labute approximate surface area is 120 Å². The molecule has 0 unspecified atom stereocenters. The number of halogens is 1. The molecule has 2 aromatic heterocycles. The largest absolute Gasteiger partial charge is 0.382 e. The second kappa shape index (κ2) is 5.06. The van der Waals surface area contributed by atoms with Crippen molar-refractivity contribution in [3.63, 3.8) is 0 Å². The van der Waals surface area contributed by atoms with Crippen LogP contribution in [0, 0.1) is 17.1 Å². The molecule has 0 saturated carbocycles. The van der Waals surface area contributed by atoms with Crippen molar-refractivity contribution in [2.75, 3.05) is 5.73 Å². The van der Waals surface area contributed by atoms with Crippen LogP contribution in [0.1, 0.15) is 5.56 Å². The first-order valence-electron chi connectivity index (χ1n) is 6.16. The zero-order valence-corrected chi connectivity index (χ0v) is 10.9. The van der Waals surface area contributed by atoms with Gasteiger partial charge in [0, 0.05) is 11.8 Å². The van der Waals surface area contributed by atoms with Crippen LogP contribution in [-0.2, 0) is 0 Å². The molecule has 21 heavy (non-hydrogen) atoms. The summed E-state index contributed by atoms with van der Waals surface area (Å²) in [7, 11) is 0. The summed E-state index contributed by atoms with van der Waals surface area (Å²) in [6.07, 6.45) is 3.18. The monoisotopic (exact) mass is 279 g/mol. The fourth-order valence-electron chi connectivity index (χ4n) is 2.06. The Hall–Kier alpha value is -3.20. The summed E-state index contributed by atoms with van der Waals surface area (Å²) in [5, 5.41) is 13.6. The molecule has 0 bridgehead atoms. The van der Waals surface area contributed by atoms with Gasteiger partial charge in [-0.1, -0.05) is 12.1 Å². The van der Waals surface area contributed by atoms with E-state index >= 15 is 0 Å². The summed E-state index contributed by atoms with van der Waals surface area (Å²) in [4.78, 5) is 3.98. The third-order valence-electron chi connectivity index (χ3n) is 3.05. The van der Waals surface area contributed by atoms with Gasteiger partial charge in [0.2, 0.25) is 0 Å². The number of nitrogens with zero attached hydrogens (tertiary/aromatic N) is 4. The van der Waals surface area contributed by atoms with Gasteiger partial charge < -0.3 is 5.73 Å². The van der Waals surface area contributed by atoms with Crippen LogP contribution >= 0.6 is 0 Å². The Morgan fingerprint density at radius 1 is 1.19 bits per heavy atom. The Balaban J connectivity index is 2.25. The molecule has 102 valence electrons. The second-order valence-electron chi connectivity index (χ2n) is 4.32. The minimum atomic E-state index is -0.454. The number of aromatic nitrogens is 3. The van der Waals surface area contributed by atoms with Gasteiger partial charge in [-0.3, -0.25) is 4.98 Å². The van der Waals surface area contributed by atoms with E-state index in [1.54, 1.807) is 42.7 Å². The highest BCUT2D eigenvalue weighted by Crippen LogP contribution is 2.29. The van der Waals surface area contributed by atoms with Crippen LogP contribution in [0.4, 0.5) is 10.2 Å². The number of pyridine rings is 1. The minimum absolute atomic E-state index is 0.143. The molecule has 5 nitrogen and oxygen atoms in total. The SMILES string of the molecule is N#Cc1c(-c2ccccc2F)nn(-c2cccnc2)c1N. The van der Waals surface area contributed by atoms with Crippen molar-refractivity contribution in [3.05, 3.63) is 60.2 Å². The first kappa shape index (κ1) is 12.8. The van der Waals surface area contributed by atoms with Gasteiger partial charge in [0.1, 0.15) is 29.0 Å². The van der Waals surface area contributed by atoms with Crippen LogP contribution in [0.5, 0.6) is 0 Å². The quantitative estimate of drug-likeness (QED) is 0.781. The lowest BCUT2D eigenvalue weighted by molar-refractivity contribution is 0.630. The topological polar surface area (TPSA) is 80.5 Å². The van der Waals surface area contributed by atoms with E-state index in [1.165, 1.54) is 10.7 Å². The molecule has 0 aliphatic carbocycles. The Kier molecular flexibility index (Phi) is 3.09. The predicted molar refractivity (Wildman–Crippen MR) is 75.9 cm³/mol. The van der Waals surface area contributed by atoms with Gasteiger partial charge in [-0.05, 0) is 24.3 Å². The number of hydrogen-bond acceptors (Lipinski definition) is 4. The smallest absolute Gasteiger partial charge is 0.145 e. The highest BCUT2D eigenvalue weighted by Gasteiger charge is 2.20. The van der Waals surface area contributed by atoms with E-state index in [1.807, 2.05) is 6.07 Å². The van der Waals surface area contributed by atoms with Crippen molar-refractivity contribution in [1.82, 2.24) is 14.8 Å². The maximum absolute atomic E-state index is 13.9. The number of benzene rings is 1. The Morgan fingerprint density at radius 2 is 2.00 bits per heavy atom. The summed E-state index contributed by atoms with van der Waals surface area (Å²) < 4.78 is 15.3. The molecule has 3 aromatic rings. The molecule has 0 spiro atoms. The van der Waals surface area contributed by atoms with E-state index in [4.69, 9.17) is 5.73 Å². The summed E-state index contributed by atoms with van der Waals surface area (Å²) in [5.74, 6) is -0.298. The summed E-state index contributed by atoms with van der Waals surface area (Å²) >= 11 is 0. The van der Waals surface area contributed by atoms with Crippen molar-refractivity contribution >= 4 is 5.82 Å². The summed E-state index contributed by atoms with van der Waals surface area (Å²) in [6, 6.07) is 11.6. The highest BCUT2D eigenvalue weighted by molar-refractivity contribution is 5.74. The van der Waals surface area contributed by atoms with E-state index in [0.29, 0.717) is 5.69 Å². The van der Waals surface area contributed by atoms with E-state index < -0.39 is 5.82 Å². The molecule has 0 atom stereocenters. The third-order valence-corrected chi connectivity index (χ3v) is 3.05. The molecule has 0 saturated heterocycles. The standard InChI is InChI=1S/C15H10FN5/c16-13-6-2-1-5-11(13)14-12(8-17)15(18)21(20-14)10-4-3-7-19-9-10/h1-7,9H,18H2. The van der Waals surface area contributed by atoms with Crippen LogP contribution in [-0.4, -0.2) is 14.8 Å². The third kappa shape index (κ3) is 2.11. The molecular weight excluding hydrogens is 269 g/mol. The van der Waals surface area contributed by atoms with Gasteiger partial charge in [-0.2, -0.15) is 10.4 Å². The molecule has 2 heterocycles. The number of nitriles is 1. The average molecular weight is 279 g/mol. The van der Waals surface area contributed by atoms with Gasteiger partial charge in [0.25, 0.3) is 0 Å². The normalized spacial score (nSPS) is 10.3. The van der Waals surface area contributed by atoms with Crippen LogP contribution in [0.15, 0.2) is 48.8 Å². The maximum Gasteiger partial charge on any atom is 0.145 e. The van der Waals surface area contributed by atoms with Crippen molar-refractivity contribution < 1.29 is 4.39 Å². The Bertz CT molecular complexity index is 833. The average Bonchev–Trinajstić information content (AvgIpc) is 2.85. The second-order valence-corrected chi connectivity index (χ2v) is 4.32. The fraction of sp³-hybridized carbons (Fsp3) is 0. The fourth-order valence-corrected chi connectivity index (χ4v) is 2.06. The zero-order chi connectivity index (χ0) is 14.8. The van der Waals surface area contributed by atoms with Crippen LogP contribution in [0.25, 0.3) is 16.9 Å². The maximum atomic E-state index is 13.9. The van der Waals surface area contributed by atoms with Crippen molar-refractivity contribution in [3.8, 4) is 23.0 Å². The first-order chi connectivity index (χ1) is 10.2. The van der Waals surface area contributed by atoms with E-state index in [2.05, 4.69) is 10.1 Å².